The van der Waals surface area contributed by atoms with Crippen molar-refractivity contribution in [2.45, 2.75) is 68.7 Å². The summed E-state index contributed by atoms with van der Waals surface area (Å²) in [5.74, 6) is 0.772. The number of fused-ring (bicyclic) bond motifs is 1. The molecule has 0 radical (unpaired) electrons. The Morgan fingerprint density at radius 2 is 1.74 bits per heavy atom. The zero-order valence-electron chi connectivity index (χ0n) is 17.7. The first kappa shape index (κ1) is 20.6. The second-order valence-corrected chi connectivity index (χ2v) is 11.0. The number of rotatable bonds is 6. The van der Waals surface area contributed by atoms with Crippen LogP contribution < -0.4 is 16.2 Å². The highest BCUT2D eigenvalue weighted by molar-refractivity contribution is 7.90. The zero-order chi connectivity index (χ0) is 21.6. The number of hydrogen-bond acceptors (Lipinski definition) is 8. The van der Waals surface area contributed by atoms with Crippen molar-refractivity contribution in [3.8, 4) is 0 Å². The summed E-state index contributed by atoms with van der Waals surface area (Å²) in [7, 11) is -1.42. The van der Waals surface area contributed by atoms with Crippen molar-refractivity contribution >= 4 is 33.0 Å². The lowest BCUT2D eigenvalue weighted by molar-refractivity contribution is 0.328. The van der Waals surface area contributed by atoms with Gasteiger partial charge in [-0.05, 0) is 38.5 Å². The molecular weight excluding hydrogens is 418 g/mol. The molecule has 1 aliphatic heterocycles. The van der Waals surface area contributed by atoms with Crippen molar-refractivity contribution < 1.29 is 8.42 Å². The summed E-state index contributed by atoms with van der Waals surface area (Å²) in [6, 6.07) is 0.225. The predicted molar refractivity (Wildman–Crippen MR) is 119 cm³/mol. The predicted octanol–water partition coefficient (Wildman–Crippen LogP) is 1.71. The Bertz CT molecular complexity index is 1130. The van der Waals surface area contributed by atoms with Gasteiger partial charge in [-0.3, -0.25) is 9.36 Å². The van der Waals surface area contributed by atoms with E-state index in [0.29, 0.717) is 48.9 Å². The van der Waals surface area contributed by atoms with E-state index in [9.17, 15) is 13.2 Å². The molecule has 0 amide bonds. The Hall–Kier alpha value is -2.27. The summed E-state index contributed by atoms with van der Waals surface area (Å²) < 4.78 is 28.3. The van der Waals surface area contributed by atoms with Crippen LogP contribution in [0, 0.1) is 0 Å². The van der Waals surface area contributed by atoms with E-state index in [2.05, 4.69) is 25.6 Å². The third kappa shape index (κ3) is 3.89. The minimum Gasteiger partial charge on any atom is -0.369 e. The van der Waals surface area contributed by atoms with E-state index >= 15 is 0 Å². The van der Waals surface area contributed by atoms with Crippen LogP contribution >= 0.6 is 0 Å². The molecule has 11 heteroatoms. The summed E-state index contributed by atoms with van der Waals surface area (Å²) >= 11 is 0. The number of sulfonamides is 1. The van der Waals surface area contributed by atoms with Crippen LogP contribution in [-0.2, 0) is 10.0 Å². The molecule has 2 aromatic heterocycles. The van der Waals surface area contributed by atoms with Crippen molar-refractivity contribution in [3.05, 3.63) is 16.6 Å². The molecule has 3 fully saturated rings. The molecule has 3 heterocycles. The fourth-order valence-electron chi connectivity index (χ4n) is 4.75. The van der Waals surface area contributed by atoms with Crippen molar-refractivity contribution in [3.63, 3.8) is 0 Å². The van der Waals surface area contributed by atoms with Gasteiger partial charge in [0.15, 0.2) is 11.5 Å². The van der Waals surface area contributed by atoms with E-state index in [-0.39, 0.29) is 22.9 Å². The lowest BCUT2D eigenvalue weighted by Crippen LogP contribution is -2.43. The van der Waals surface area contributed by atoms with Gasteiger partial charge in [0, 0.05) is 32.2 Å². The van der Waals surface area contributed by atoms with E-state index in [4.69, 9.17) is 0 Å². The van der Waals surface area contributed by atoms with Gasteiger partial charge in [0.25, 0.3) is 5.56 Å². The molecule has 10 nitrogen and oxygen atoms in total. The Morgan fingerprint density at radius 3 is 2.39 bits per heavy atom. The monoisotopic (exact) mass is 447 g/mol. The number of piperidine rings is 1. The molecular formula is C20H29N7O3S. The molecule has 2 saturated carbocycles. The Morgan fingerprint density at radius 1 is 1.03 bits per heavy atom. The summed E-state index contributed by atoms with van der Waals surface area (Å²) in [5, 5.41) is 6.08. The summed E-state index contributed by atoms with van der Waals surface area (Å²) in [5.41, 5.74) is 0.999. The van der Waals surface area contributed by atoms with E-state index in [0.717, 1.165) is 38.5 Å². The molecule has 168 valence electrons. The molecule has 0 atom stereocenters. The molecule has 0 aromatic carbocycles. The fourth-order valence-corrected chi connectivity index (χ4v) is 6.62. The molecule has 0 unspecified atom stereocenters. The minimum absolute atomic E-state index is 0.0966. The molecule has 1 saturated heterocycles. The lowest BCUT2D eigenvalue weighted by atomic mass is 10.1. The molecule has 31 heavy (non-hydrogen) atoms. The fraction of sp³-hybridized carbons (Fsp3) is 0.700. The zero-order valence-corrected chi connectivity index (χ0v) is 18.6. The van der Waals surface area contributed by atoms with E-state index < -0.39 is 10.0 Å². The smallest absolute Gasteiger partial charge is 0.295 e. The van der Waals surface area contributed by atoms with Gasteiger partial charge < -0.3 is 10.6 Å². The molecule has 0 bridgehead atoms. The van der Waals surface area contributed by atoms with Crippen LogP contribution in [0.2, 0.25) is 0 Å². The van der Waals surface area contributed by atoms with Gasteiger partial charge >= 0.3 is 0 Å². The van der Waals surface area contributed by atoms with Gasteiger partial charge in [0.1, 0.15) is 5.52 Å². The third-order valence-electron chi connectivity index (χ3n) is 6.65. The van der Waals surface area contributed by atoms with E-state index in [1.54, 1.807) is 22.1 Å². The second-order valence-electron chi connectivity index (χ2n) is 8.79. The maximum Gasteiger partial charge on any atom is 0.295 e. The number of nitrogens with one attached hydrogen (secondary N) is 2. The summed E-state index contributed by atoms with van der Waals surface area (Å²) in [6.45, 7) is 1.04. The highest BCUT2D eigenvalue weighted by Crippen LogP contribution is 2.33. The van der Waals surface area contributed by atoms with Crippen LogP contribution in [0.5, 0.6) is 0 Å². The topological polar surface area (TPSA) is 122 Å². The third-order valence-corrected chi connectivity index (χ3v) is 9.05. The van der Waals surface area contributed by atoms with Crippen LogP contribution in [0.3, 0.4) is 0 Å². The van der Waals surface area contributed by atoms with Gasteiger partial charge in [-0.2, -0.15) is 4.98 Å². The van der Waals surface area contributed by atoms with Gasteiger partial charge in [-0.25, -0.2) is 22.7 Å². The standard InChI is InChI=1S/C20H29N7O3S/c1-21-17-19(28)27(14-4-2-3-5-14)18-16(24-17)12-22-20(25-18)23-13-8-10-26(11-9-13)31(29,30)15-6-7-15/h12-15H,2-11H2,1H3,(H,21,24)(H,22,23,25). The number of hydrogen-bond donors (Lipinski definition) is 2. The Kier molecular flexibility index (Phi) is 5.33. The molecule has 3 aliphatic rings. The van der Waals surface area contributed by atoms with Crippen LogP contribution in [0.4, 0.5) is 11.8 Å². The van der Waals surface area contributed by atoms with Crippen molar-refractivity contribution in [1.29, 1.82) is 0 Å². The molecule has 2 aliphatic carbocycles. The van der Waals surface area contributed by atoms with Gasteiger partial charge in [0.05, 0.1) is 11.4 Å². The molecule has 2 aromatic rings. The van der Waals surface area contributed by atoms with E-state index in [1.807, 2.05) is 0 Å². The average molecular weight is 448 g/mol. The van der Waals surface area contributed by atoms with Crippen LogP contribution in [-0.4, -0.2) is 63.7 Å². The quantitative estimate of drug-likeness (QED) is 0.686. The maximum absolute atomic E-state index is 13.0. The number of aromatic nitrogens is 4. The highest BCUT2D eigenvalue weighted by Gasteiger charge is 2.41. The van der Waals surface area contributed by atoms with Gasteiger partial charge in [-0.1, -0.05) is 12.8 Å². The van der Waals surface area contributed by atoms with Crippen LogP contribution in [0.15, 0.2) is 11.0 Å². The Labute approximate surface area is 181 Å². The first-order chi connectivity index (χ1) is 15.0. The van der Waals surface area contributed by atoms with Gasteiger partial charge in [-0.15, -0.1) is 0 Å². The summed E-state index contributed by atoms with van der Waals surface area (Å²) in [6.07, 6.45) is 8.78. The second kappa shape index (κ2) is 8.01. The lowest BCUT2D eigenvalue weighted by Gasteiger charge is -2.31. The molecule has 5 rings (SSSR count). The van der Waals surface area contributed by atoms with Crippen molar-refractivity contribution in [2.75, 3.05) is 30.8 Å². The number of nitrogens with zero attached hydrogens (tertiary/aromatic N) is 5. The minimum atomic E-state index is -3.12. The average Bonchev–Trinajstić information content (AvgIpc) is 3.51. The number of anilines is 2. The van der Waals surface area contributed by atoms with Crippen LogP contribution in [0.25, 0.3) is 11.2 Å². The maximum atomic E-state index is 13.0. The molecule has 0 spiro atoms. The van der Waals surface area contributed by atoms with E-state index in [1.165, 1.54) is 0 Å². The van der Waals surface area contributed by atoms with Gasteiger partial charge in [0.2, 0.25) is 16.0 Å². The van der Waals surface area contributed by atoms with Crippen molar-refractivity contribution in [1.82, 2.24) is 23.8 Å². The first-order valence-corrected chi connectivity index (χ1v) is 12.7. The molecule has 2 N–H and O–H groups in total. The normalized spacial score (nSPS) is 21.6. The SMILES string of the molecule is CNc1nc2cnc(NC3CCN(S(=O)(=O)C4CC4)CC3)nc2n(C2CCCC2)c1=O. The Balaban J connectivity index is 1.37. The largest absolute Gasteiger partial charge is 0.369 e. The first-order valence-electron chi connectivity index (χ1n) is 11.2. The highest BCUT2D eigenvalue weighted by atomic mass is 32.2. The van der Waals surface area contributed by atoms with Crippen LogP contribution in [0.1, 0.15) is 57.4 Å². The summed E-state index contributed by atoms with van der Waals surface area (Å²) in [4.78, 5) is 26.5. The van der Waals surface area contributed by atoms with Crippen molar-refractivity contribution in [2.24, 2.45) is 0 Å².